The molecule has 364 valence electrons. The van der Waals surface area contributed by atoms with E-state index < -0.39 is 36.7 Å². The van der Waals surface area contributed by atoms with Crippen LogP contribution in [-0.2, 0) is 63.8 Å². The normalized spacial score (nSPS) is 15.3. The van der Waals surface area contributed by atoms with Crippen molar-refractivity contribution in [1.29, 1.82) is 0 Å². The summed E-state index contributed by atoms with van der Waals surface area (Å²) >= 11 is 3.42. The molecule has 0 radical (unpaired) electrons. The van der Waals surface area contributed by atoms with E-state index in [2.05, 4.69) is 31.9 Å². The standard InChI is InChI=1S/C41H63BrN8O15/c42-34-10-8-33(9-11-34)24-50(15-5-3-6-37(65-32-54)45-41(61)44-35(40(59)60)12-13-39(57)58)38(56)7-2-1-4-14-43-36(55)25-46-16-18-47(26-62-29-51)20-22-49(28-64-31-53)23-21-48(19-17-46)27-63-30-52/h8-11,29-32,35,37H,1-7,12-28H2,(H,43,55)(H,57,58)(H,59,60)(H2,44,45,61). The molecule has 1 fully saturated rings. The zero-order valence-corrected chi connectivity index (χ0v) is 38.1. The highest BCUT2D eigenvalue weighted by atomic mass is 79.9. The molecule has 0 aliphatic carbocycles. The Hall–Kier alpha value is -5.43. The summed E-state index contributed by atoms with van der Waals surface area (Å²) in [6, 6.07) is 5.15. The molecule has 1 heterocycles. The molecule has 2 rings (SSSR count). The molecule has 0 saturated carbocycles. The number of hydrogen-bond acceptors (Lipinski definition) is 17. The van der Waals surface area contributed by atoms with Crippen LogP contribution in [0.15, 0.2) is 28.7 Å². The van der Waals surface area contributed by atoms with E-state index in [1.165, 1.54) is 0 Å². The van der Waals surface area contributed by atoms with Crippen LogP contribution in [0.25, 0.3) is 0 Å². The van der Waals surface area contributed by atoms with E-state index in [9.17, 15) is 48.3 Å². The Morgan fingerprint density at radius 2 is 1.23 bits per heavy atom. The highest BCUT2D eigenvalue weighted by molar-refractivity contribution is 9.10. The summed E-state index contributed by atoms with van der Waals surface area (Å²) in [6.07, 6.45) is 1.28. The number of nitrogens with one attached hydrogen (secondary N) is 3. The van der Waals surface area contributed by atoms with Crippen LogP contribution >= 0.6 is 15.9 Å². The summed E-state index contributed by atoms with van der Waals surface area (Å²) in [6.45, 7) is 6.47. The first-order chi connectivity index (χ1) is 31.4. The molecule has 0 spiro atoms. The van der Waals surface area contributed by atoms with Crippen LogP contribution in [0.3, 0.4) is 0 Å². The SMILES string of the molecule is O=COCN1CCN(COC=O)CCN(CC(=O)NCCCCCC(=O)N(CCCCC(NC(=O)NC(CCC(=O)O)C(=O)O)OC=O)Cc2ccc(Br)cc2)CCN(COC=O)CC1. The van der Waals surface area contributed by atoms with Gasteiger partial charge in [0.2, 0.25) is 11.8 Å². The lowest BCUT2D eigenvalue weighted by Crippen LogP contribution is -2.49. The van der Waals surface area contributed by atoms with Gasteiger partial charge >= 0.3 is 18.0 Å². The van der Waals surface area contributed by atoms with Crippen LogP contribution in [0.5, 0.6) is 0 Å². The molecule has 2 unspecified atom stereocenters. The number of aliphatic carboxylic acids is 2. The van der Waals surface area contributed by atoms with Crippen molar-refractivity contribution in [3.63, 3.8) is 0 Å². The van der Waals surface area contributed by atoms with Crippen LogP contribution in [0.1, 0.15) is 63.4 Å². The van der Waals surface area contributed by atoms with Gasteiger partial charge in [0.15, 0.2) is 6.23 Å². The fourth-order valence-electron chi connectivity index (χ4n) is 6.60. The van der Waals surface area contributed by atoms with Gasteiger partial charge in [0.1, 0.15) is 26.2 Å². The first-order valence-electron chi connectivity index (χ1n) is 21.3. The number of amides is 4. The Balaban J connectivity index is 1.90. The van der Waals surface area contributed by atoms with Crippen molar-refractivity contribution in [1.82, 2.24) is 40.4 Å². The second kappa shape index (κ2) is 34.0. The number of carboxylic acids is 2. The number of carboxylic acid groups (broad SMARTS) is 2. The maximum Gasteiger partial charge on any atom is 0.326 e. The largest absolute Gasteiger partial charge is 0.481 e. The highest BCUT2D eigenvalue weighted by Crippen LogP contribution is 2.15. The van der Waals surface area contributed by atoms with Crippen molar-refractivity contribution >= 4 is 71.6 Å². The molecule has 0 aromatic heterocycles. The lowest BCUT2D eigenvalue weighted by molar-refractivity contribution is -0.141. The van der Waals surface area contributed by atoms with Crippen molar-refractivity contribution < 1.29 is 72.3 Å². The zero-order chi connectivity index (χ0) is 47.7. The molecular weight excluding hydrogens is 924 g/mol. The van der Waals surface area contributed by atoms with Gasteiger partial charge in [-0.3, -0.25) is 53.2 Å². The third-order valence-corrected chi connectivity index (χ3v) is 10.7. The molecule has 5 N–H and O–H groups in total. The fourth-order valence-corrected chi connectivity index (χ4v) is 6.87. The third kappa shape index (κ3) is 26.2. The zero-order valence-electron chi connectivity index (χ0n) is 36.6. The third-order valence-electron chi connectivity index (χ3n) is 10.2. The van der Waals surface area contributed by atoms with Crippen molar-refractivity contribution in [3.8, 4) is 0 Å². The Kier molecular flexibility index (Phi) is 29.1. The molecule has 1 saturated heterocycles. The van der Waals surface area contributed by atoms with Crippen LogP contribution in [0.2, 0.25) is 0 Å². The summed E-state index contributed by atoms with van der Waals surface area (Å²) in [7, 11) is 0. The number of unbranched alkanes of at least 4 members (excludes halogenated alkanes) is 3. The molecule has 24 heteroatoms. The molecule has 23 nitrogen and oxygen atoms in total. The summed E-state index contributed by atoms with van der Waals surface area (Å²) in [5, 5.41) is 25.7. The van der Waals surface area contributed by atoms with Crippen molar-refractivity contribution in [2.45, 2.75) is 76.6 Å². The average Bonchev–Trinajstić information content (AvgIpc) is 3.27. The molecule has 1 aromatic rings. The first kappa shape index (κ1) is 55.7. The lowest BCUT2D eigenvalue weighted by atomic mass is 10.1. The smallest absolute Gasteiger partial charge is 0.326 e. The summed E-state index contributed by atoms with van der Waals surface area (Å²) < 4.78 is 20.8. The number of halogens is 1. The number of carbonyl (C=O) groups excluding carboxylic acids is 7. The van der Waals surface area contributed by atoms with Gasteiger partial charge in [-0.05, 0) is 49.8 Å². The van der Waals surface area contributed by atoms with Gasteiger partial charge in [-0.1, -0.05) is 34.5 Å². The number of benzene rings is 1. The van der Waals surface area contributed by atoms with E-state index in [1.54, 1.807) is 4.90 Å². The average molecular weight is 988 g/mol. The Bertz CT molecular complexity index is 1590. The highest BCUT2D eigenvalue weighted by Gasteiger charge is 2.24. The fraction of sp³-hybridized carbons (Fsp3) is 0.634. The van der Waals surface area contributed by atoms with Gasteiger partial charge in [0.05, 0.1) is 6.54 Å². The monoisotopic (exact) mass is 986 g/mol. The lowest BCUT2D eigenvalue weighted by Gasteiger charge is -2.33. The molecule has 2 atom stereocenters. The molecule has 1 aliphatic heterocycles. The molecule has 0 bridgehead atoms. The number of rotatable bonds is 32. The summed E-state index contributed by atoms with van der Waals surface area (Å²) in [5.74, 6) is -2.90. The Labute approximate surface area is 386 Å². The minimum atomic E-state index is -1.47. The summed E-state index contributed by atoms with van der Waals surface area (Å²) in [5.41, 5.74) is 0.912. The molecule has 1 aliphatic rings. The van der Waals surface area contributed by atoms with Crippen LogP contribution in [-0.4, -0.2) is 195 Å². The number of hydrogen-bond donors (Lipinski definition) is 5. The van der Waals surface area contributed by atoms with Gasteiger partial charge in [-0.25, -0.2) is 9.59 Å². The van der Waals surface area contributed by atoms with Gasteiger partial charge in [0.25, 0.3) is 25.9 Å². The van der Waals surface area contributed by atoms with Crippen LogP contribution in [0, 0.1) is 0 Å². The van der Waals surface area contributed by atoms with E-state index in [0.29, 0.717) is 124 Å². The van der Waals surface area contributed by atoms with Crippen molar-refractivity contribution in [2.24, 2.45) is 0 Å². The van der Waals surface area contributed by atoms with Gasteiger partial charge < -0.3 is 50.0 Å². The van der Waals surface area contributed by atoms with Crippen molar-refractivity contribution in [3.05, 3.63) is 34.3 Å². The molecule has 1 aromatic carbocycles. The van der Waals surface area contributed by atoms with E-state index in [1.807, 2.05) is 43.9 Å². The number of carbonyl (C=O) groups is 9. The van der Waals surface area contributed by atoms with Gasteiger partial charge in [-0.2, -0.15) is 0 Å². The number of ether oxygens (including phenoxy) is 4. The van der Waals surface area contributed by atoms with Gasteiger partial charge in [-0.15, -0.1) is 0 Å². The minimum Gasteiger partial charge on any atom is -0.481 e. The van der Waals surface area contributed by atoms with Gasteiger partial charge in [0, 0.05) is 95.7 Å². The number of nitrogens with zero attached hydrogens (tertiary/aromatic N) is 5. The molecule has 4 amide bonds. The van der Waals surface area contributed by atoms with Crippen molar-refractivity contribution in [2.75, 3.05) is 92.2 Å². The Morgan fingerprint density at radius 3 is 1.74 bits per heavy atom. The Morgan fingerprint density at radius 1 is 0.677 bits per heavy atom. The van der Waals surface area contributed by atoms with E-state index in [0.717, 1.165) is 10.0 Å². The first-order valence-corrected chi connectivity index (χ1v) is 22.1. The van der Waals surface area contributed by atoms with E-state index >= 15 is 0 Å². The second-order valence-corrected chi connectivity index (χ2v) is 16.0. The van der Waals surface area contributed by atoms with Crippen LogP contribution in [0.4, 0.5) is 4.79 Å². The topological polar surface area (TPSA) is 283 Å². The second-order valence-electron chi connectivity index (χ2n) is 15.1. The number of urea groups is 1. The molecular formula is C41H63BrN8O15. The maximum atomic E-state index is 13.5. The predicted molar refractivity (Wildman–Crippen MR) is 233 cm³/mol. The predicted octanol–water partition coefficient (Wildman–Crippen LogP) is 0.354. The van der Waals surface area contributed by atoms with E-state index in [-0.39, 0.29) is 64.3 Å². The molecule has 65 heavy (non-hydrogen) atoms. The summed E-state index contributed by atoms with van der Waals surface area (Å²) in [4.78, 5) is 115. The minimum absolute atomic E-state index is 0.0487. The quantitative estimate of drug-likeness (QED) is 0.0282. The maximum absolute atomic E-state index is 13.5. The van der Waals surface area contributed by atoms with Crippen LogP contribution < -0.4 is 16.0 Å². The van der Waals surface area contributed by atoms with E-state index in [4.69, 9.17) is 24.1 Å².